The molecule has 0 amide bonds. The second-order valence-corrected chi connectivity index (χ2v) is 4.27. The van der Waals surface area contributed by atoms with Gasteiger partial charge in [0, 0.05) is 42.9 Å². The Balaban J connectivity index is 1.95. The Hall–Kier alpha value is -1.20. The van der Waals surface area contributed by atoms with Crippen LogP contribution in [-0.4, -0.2) is 21.1 Å². The van der Waals surface area contributed by atoms with E-state index in [1.165, 1.54) is 10.7 Å². The SMILES string of the molecule is NCCc1cncn1CCc1nccs1. The van der Waals surface area contributed by atoms with Gasteiger partial charge in [0.1, 0.15) is 0 Å². The molecule has 0 aliphatic carbocycles. The number of hydrogen-bond donors (Lipinski definition) is 1. The van der Waals surface area contributed by atoms with E-state index in [9.17, 15) is 0 Å². The minimum atomic E-state index is 0.670. The highest BCUT2D eigenvalue weighted by atomic mass is 32.1. The molecule has 15 heavy (non-hydrogen) atoms. The van der Waals surface area contributed by atoms with Crippen molar-refractivity contribution in [3.63, 3.8) is 0 Å². The second kappa shape index (κ2) is 5.04. The third-order valence-electron chi connectivity index (χ3n) is 2.25. The van der Waals surface area contributed by atoms with E-state index in [2.05, 4.69) is 14.5 Å². The van der Waals surface area contributed by atoms with E-state index in [0.717, 1.165) is 19.4 Å². The quantitative estimate of drug-likeness (QED) is 0.823. The van der Waals surface area contributed by atoms with Crippen molar-refractivity contribution in [3.05, 3.63) is 34.8 Å². The van der Waals surface area contributed by atoms with Crippen LogP contribution < -0.4 is 5.73 Å². The Labute approximate surface area is 92.8 Å². The molecule has 2 aromatic rings. The highest BCUT2D eigenvalue weighted by Crippen LogP contribution is 2.07. The van der Waals surface area contributed by atoms with Crippen LogP contribution in [0.3, 0.4) is 0 Å². The fourth-order valence-corrected chi connectivity index (χ4v) is 2.11. The lowest BCUT2D eigenvalue weighted by Crippen LogP contribution is -2.09. The number of nitrogens with zero attached hydrogens (tertiary/aromatic N) is 3. The number of aryl methyl sites for hydroxylation is 2. The maximum absolute atomic E-state index is 5.53. The fourth-order valence-electron chi connectivity index (χ4n) is 1.50. The summed E-state index contributed by atoms with van der Waals surface area (Å²) in [6.45, 7) is 1.60. The number of hydrogen-bond acceptors (Lipinski definition) is 4. The van der Waals surface area contributed by atoms with Crippen molar-refractivity contribution in [3.8, 4) is 0 Å². The maximum atomic E-state index is 5.53. The molecule has 0 aliphatic heterocycles. The zero-order valence-corrected chi connectivity index (χ0v) is 9.28. The Bertz CT molecular complexity index is 393. The summed E-state index contributed by atoms with van der Waals surface area (Å²) < 4.78 is 2.15. The number of imidazole rings is 1. The van der Waals surface area contributed by atoms with Crippen molar-refractivity contribution in [1.29, 1.82) is 0 Å². The average Bonchev–Trinajstić information content (AvgIpc) is 2.85. The van der Waals surface area contributed by atoms with Crippen molar-refractivity contribution in [2.45, 2.75) is 19.4 Å². The van der Waals surface area contributed by atoms with Crippen molar-refractivity contribution in [2.24, 2.45) is 5.73 Å². The summed E-state index contributed by atoms with van der Waals surface area (Å²) in [5.74, 6) is 0. The summed E-state index contributed by atoms with van der Waals surface area (Å²) in [6.07, 6.45) is 7.44. The Kier molecular flexibility index (Phi) is 3.47. The van der Waals surface area contributed by atoms with Gasteiger partial charge in [0.15, 0.2) is 0 Å². The van der Waals surface area contributed by atoms with Gasteiger partial charge in [-0.25, -0.2) is 9.97 Å². The molecule has 0 spiro atoms. The Morgan fingerprint density at radius 1 is 1.40 bits per heavy atom. The first-order valence-electron chi connectivity index (χ1n) is 4.97. The van der Waals surface area contributed by atoms with Gasteiger partial charge in [0.2, 0.25) is 0 Å². The van der Waals surface area contributed by atoms with Crippen molar-refractivity contribution in [1.82, 2.24) is 14.5 Å². The van der Waals surface area contributed by atoms with Crippen LogP contribution in [0.1, 0.15) is 10.7 Å². The van der Waals surface area contributed by atoms with Gasteiger partial charge in [-0.2, -0.15) is 0 Å². The Morgan fingerprint density at radius 3 is 3.07 bits per heavy atom. The number of thiazole rings is 1. The standard InChI is InChI=1S/C10H14N4S/c11-3-1-9-7-12-8-14(9)5-2-10-13-4-6-15-10/h4,6-8H,1-3,5,11H2. The van der Waals surface area contributed by atoms with Gasteiger partial charge in [-0.05, 0) is 6.54 Å². The smallest absolute Gasteiger partial charge is 0.0948 e. The molecule has 80 valence electrons. The number of nitrogens with two attached hydrogens (primary N) is 1. The predicted molar refractivity (Wildman–Crippen MR) is 60.8 cm³/mol. The molecule has 0 saturated heterocycles. The largest absolute Gasteiger partial charge is 0.334 e. The molecular weight excluding hydrogens is 208 g/mol. The van der Waals surface area contributed by atoms with Crippen LogP contribution in [0.15, 0.2) is 24.1 Å². The van der Waals surface area contributed by atoms with Gasteiger partial charge in [-0.1, -0.05) is 0 Å². The molecule has 0 bridgehead atoms. The lowest BCUT2D eigenvalue weighted by molar-refractivity contribution is 0.656. The summed E-state index contributed by atoms with van der Waals surface area (Å²) in [5, 5.41) is 3.17. The van der Waals surface area contributed by atoms with E-state index < -0.39 is 0 Å². The number of aromatic nitrogens is 3. The first kappa shape index (κ1) is 10.3. The second-order valence-electron chi connectivity index (χ2n) is 3.29. The molecule has 0 unspecified atom stereocenters. The Morgan fingerprint density at radius 2 is 2.33 bits per heavy atom. The molecule has 2 heterocycles. The van der Waals surface area contributed by atoms with Crippen molar-refractivity contribution in [2.75, 3.05) is 6.54 Å². The van der Waals surface area contributed by atoms with E-state index >= 15 is 0 Å². The molecule has 2 aromatic heterocycles. The van der Waals surface area contributed by atoms with Crippen LogP contribution in [0.25, 0.3) is 0 Å². The summed E-state index contributed by atoms with van der Waals surface area (Å²) in [6, 6.07) is 0. The fraction of sp³-hybridized carbons (Fsp3) is 0.400. The van der Waals surface area contributed by atoms with Crippen LogP contribution in [0.2, 0.25) is 0 Å². The van der Waals surface area contributed by atoms with Crippen LogP contribution in [-0.2, 0) is 19.4 Å². The van der Waals surface area contributed by atoms with E-state index in [-0.39, 0.29) is 0 Å². The normalized spacial score (nSPS) is 10.7. The highest BCUT2D eigenvalue weighted by Gasteiger charge is 2.02. The minimum Gasteiger partial charge on any atom is -0.334 e. The van der Waals surface area contributed by atoms with Crippen LogP contribution in [0.4, 0.5) is 0 Å². The number of rotatable bonds is 5. The minimum absolute atomic E-state index is 0.670. The van der Waals surface area contributed by atoms with Crippen molar-refractivity contribution < 1.29 is 0 Å². The first-order valence-corrected chi connectivity index (χ1v) is 5.85. The summed E-state index contributed by atoms with van der Waals surface area (Å²) in [5.41, 5.74) is 6.73. The zero-order chi connectivity index (χ0) is 10.5. The first-order chi connectivity index (χ1) is 7.40. The summed E-state index contributed by atoms with van der Waals surface area (Å²) >= 11 is 1.69. The van der Waals surface area contributed by atoms with E-state index in [1.807, 2.05) is 24.1 Å². The zero-order valence-electron chi connectivity index (χ0n) is 8.47. The van der Waals surface area contributed by atoms with Crippen molar-refractivity contribution >= 4 is 11.3 Å². The molecule has 5 heteroatoms. The topological polar surface area (TPSA) is 56.7 Å². The highest BCUT2D eigenvalue weighted by molar-refractivity contribution is 7.09. The molecule has 0 aromatic carbocycles. The van der Waals surface area contributed by atoms with Crippen LogP contribution in [0, 0.1) is 0 Å². The van der Waals surface area contributed by atoms with Crippen LogP contribution in [0.5, 0.6) is 0 Å². The van der Waals surface area contributed by atoms with Gasteiger partial charge in [0.25, 0.3) is 0 Å². The molecule has 2 rings (SSSR count). The van der Waals surface area contributed by atoms with Gasteiger partial charge in [0.05, 0.1) is 11.3 Å². The van der Waals surface area contributed by atoms with Gasteiger partial charge >= 0.3 is 0 Å². The molecule has 0 saturated carbocycles. The molecule has 2 N–H and O–H groups in total. The summed E-state index contributed by atoms with van der Waals surface area (Å²) in [7, 11) is 0. The van der Waals surface area contributed by atoms with Gasteiger partial charge in [-0.3, -0.25) is 0 Å². The molecule has 0 atom stereocenters. The summed E-state index contributed by atoms with van der Waals surface area (Å²) in [4.78, 5) is 8.38. The molecule has 0 fully saturated rings. The molecule has 0 radical (unpaired) electrons. The van der Waals surface area contributed by atoms with E-state index in [1.54, 1.807) is 11.3 Å². The maximum Gasteiger partial charge on any atom is 0.0948 e. The molecule has 0 aliphatic rings. The monoisotopic (exact) mass is 222 g/mol. The third kappa shape index (κ3) is 2.64. The molecule has 4 nitrogen and oxygen atoms in total. The van der Waals surface area contributed by atoms with Gasteiger partial charge < -0.3 is 10.3 Å². The lowest BCUT2D eigenvalue weighted by atomic mass is 10.3. The average molecular weight is 222 g/mol. The van der Waals surface area contributed by atoms with Gasteiger partial charge in [-0.15, -0.1) is 11.3 Å². The third-order valence-corrected chi connectivity index (χ3v) is 3.09. The van der Waals surface area contributed by atoms with Crippen LogP contribution >= 0.6 is 11.3 Å². The molecular formula is C10H14N4S. The van der Waals surface area contributed by atoms with E-state index in [4.69, 9.17) is 5.73 Å². The van der Waals surface area contributed by atoms with E-state index in [0.29, 0.717) is 6.54 Å². The predicted octanol–water partition coefficient (Wildman–Crippen LogP) is 1.08. The lowest BCUT2D eigenvalue weighted by Gasteiger charge is -2.05.